The number of esters is 2. The van der Waals surface area contributed by atoms with Crippen LogP contribution in [-0.4, -0.2) is 30.1 Å². The van der Waals surface area contributed by atoms with E-state index in [-0.39, 0.29) is 23.9 Å². The summed E-state index contributed by atoms with van der Waals surface area (Å²) in [5, 5.41) is 1.06. The standard InChI is InChI=1S/C18H18ClNO4/c1-4-23-17(21)14(18(22)24-5-2)10-13-9-12-8-6-7-11(3)15(12)20-16(13)19/h6-10H,4-5H2,1-3H3. The average Bonchev–Trinajstić information content (AvgIpc) is 2.54. The van der Waals surface area contributed by atoms with Gasteiger partial charge in [0.05, 0.1) is 18.7 Å². The van der Waals surface area contributed by atoms with Crippen LogP contribution in [0.5, 0.6) is 0 Å². The highest BCUT2D eigenvalue weighted by atomic mass is 35.5. The van der Waals surface area contributed by atoms with Gasteiger partial charge in [-0.05, 0) is 38.5 Å². The number of nitrogens with zero attached hydrogens (tertiary/aromatic N) is 1. The maximum absolute atomic E-state index is 12.0. The Morgan fingerprint density at radius 1 is 1.17 bits per heavy atom. The van der Waals surface area contributed by atoms with Crippen molar-refractivity contribution in [3.8, 4) is 0 Å². The van der Waals surface area contributed by atoms with Gasteiger partial charge in [0.2, 0.25) is 0 Å². The molecule has 0 radical (unpaired) electrons. The molecular weight excluding hydrogens is 330 g/mol. The van der Waals surface area contributed by atoms with Crippen LogP contribution in [0.25, 0.3) is 17.0 Å². The predicted octanol–water partition coefficient (Wildman–Crippen LogP) is 3.71. The van der Waals surface area contributed by atoms with E-state index in [0.717, 1.165) is 16.5 Å². The first-order valence-corrected chi connectivity index (χ1v) is 7.97. The summed E-state index contributed by atoms with van der Waals surface area (Å²) in [5.74, 6) is -1.51. The number of hydrogen-bond donors (Lipinski definition) is 0. The second kappa shape index (κ2) is 7.93. The van der Waals surface area contributed by atoms with Crippen LogP contribution in [0.1, 0.15) is 25.0 Å². The molecule has 0 fully saturated rings. The summed E-state index contributed by atoms with van der Waals surface area (Å²) < 4.78 is 9.84. The summed E-state index contributed by atoms with van der Waals surface area (Å²) in [6.07, 6.45) is 1.35. The summed E-state index contributed by atoms with van der Waals surface area (Å²) in [5.41, 5.74) is 2.00. The summed E-state index contributed by atoms with van der Waals surface area (Å²) in [6, 6.07) is 7.50. The van der Waals surface area contributed by atoms with Gasteiger partial charge in [-0.25, -0.2) is 14.6 Å². The second-order valence-electron chi connectivity index (χ2n) is 5.01. The molecule has 24 heavy (non-hydrogen) atoms. The van der Waals surface area contributed by atoms with E-state index in [9.17, 15) is 9.59 Å². The molecule has 0 aliphatic heterocycles. The van der Waals surface area contributed by atoms with E-state index in [1.165, 1.54) is 6.08 Å². The maximum Gasteiger partial charge on any atom is 0.345 e. The average molecular weight is 348 g/mol. The van der Waals surface area contributed by atoms with Gasteiger partial charge >= 0.3 is 11.9 Å². The minimum absolute atomic E-state index is 0.151. The van der Waals surface area contributed by atoms with Crippen LogP contribution in [0.15, 0.2) is 29.8 Å². The number of ether oxygens (including phenoxy) is 2. The van der Waals surface area contributed by atoms with E-state index in [2.05, 4.69) is 4.98 Å². The monoisotopic (exact) mass is 347 g/mol. The van der Waals surface area contributed by atoms with Gasteiger partial charge in [0.15, 0.2) is 0 Å². The van der Waals surface area contributed by atoms with E-state index >= 15 is 0 Å². The molecule has 126 valence electrons. The van der Waals surface area contributed by atoms with Crippen LogP contribution in [0.2, 0.25) is 5.15 Å². The first-order valence-electron chi connectivity index (χ1n) is 7.59. The molecule has 0 aliphatic rings. The Morgan fingerprint density at radius 2 is 1.79 bits per heavy atom. The van der Waals surface area contributed by atoms with Crippen molar-refractivity contribution >= 4 is 40.5 Å². The number of rotatable bonds is 5. The van der Waals surface area contributed by atoms with Crippen LogP contribution >= 0.6 is 11.6 Å². The molecule has 1 aromatic heterocycles. The lowest BCUT2D eigenvalue weighted by Gasteiger charge is -2.08. The van der Waals surface area contributed by atoms with E-state index in [1.54, 1.807) is 19.9 Å². The van der Waals surface area contributed by atoms with Crippen molar-refractivity contribution in [3.63, 3.8) is 0 Å². The van der Waals surface area contributed by atoms with Crippen molar-refractivity contribution in [3.05, 3.63) is 46.1 Å². The van der Waals surface area contributed by atoms with Gasteiger partial charge in [0, 0.05) is 10.9 Å². The van der Waals surface area contributed by atoms with Crippen LogP contribution < -0.4 is 0 Å². The van der Waals surface area contributed by atoms with Gasteiger partial charge in [0.25, 0.3) is 0 Å². The molecule has 0 atom stereocenters. The summed E-state index contributed by atoms with van der Waals surface area (Å²) >= 11 is 6.22. The number of halogens is 1. The first-order chi connectivity index (χ1) is 11.5. The van der Waals surface area contributed by atoms with Crippen molar-refractivity contribution in [1.82, 2.24) is 4.98 Å². The lowest BCUT2D eigenvalue weighted by Crippen LogP contribution is -2.18. The Labute approximate surface area is 145 Å². The van der Waals surface area contributed by atoms with Gasteiger partial charge in [-0.1, -0.05) is 29.8 Å². The Bertz CT molecular complexity index is 794. The Kier molecular flexibility index (Phi) is 5.93. The van der Waals surface area contributed by atoms with Crippen LogP contribution in [0.4, 0.5) is 0 Å². The van der Waals surface area contributed by atoms with Crippen molar-refractivity contribution in [2.24, 2.45) is 0 Å². The van der Waals surface area contributed by atoms with E-state index in [1.807, 2.05) is 25.1 Å². The Balaban J connectivity index is 2.55. The quantitative estimate of drug-likeness (QED) is 0.271. The van der Waals surface area contributed by atoms with Gasteiger partial charge in [0.1, 0.15) is 10.7 Å². The number of aryl methyl sites for hydroxylation is 1. The lowest BCUT2D eigenvalue weighted by atomic mass is 10.1. The Hall–Kier alpha value is -2.40. The fourth-order valence-electron chi connectivity index (χ4n) is 2.22. The topological polar surface area (TPSA) is 65.5 Å². The third-order valence-electron chi connectivity index (χ3n) is 3.32. The molecule has 1 heterocycles. The van der Waals surface area contributed by atoms with E-state index < -0.39 is 11.9 Å². The highest BCUT2D eigenvalue weighted by molar-refractivity contribution is 6.32. The van der Waals surface area contributed by atoms with E-state index in [0.29, 0.717) is 5.56 Å². The third-order valence-corrected chi connectivity index (χ3v) is 3.62. The smallest absolute Gasteiger partial charge is 0.345 e. The minimum atomic E-state index is -0.753. The fraction of sp³-hybridized carbons (Fsp3) is 0.278. The number of fused-ring (bicyclic) bond motifs is 1. The molecule has 0 saturated carbocycles. The number of pyridine rings is 1. The van der Waals surface area contributed by atoms with Gasteiger partial charge in [-0.3, -0.25) is 0 Å². The normalized spacial score (nSPS) is 10.3. The Morgan fingerprint density at radius 3 is 2.38 bits per heavy atom. The van der Waals surface area contributed by atoms with Crippen LogP contribution in [-0.2, 0) is 19.1 Å². The van der Waals surface area contributed by atoms with Crippen molar-refractivity contribution in [2.75, 3.05) is 13.2 Å². The molecule has 1 aromatic carbocycles. The zero-order valence-corrected chi connectivity index (χ0v) is 14.5. The lowest BCUT2D eigenvalue weighted by molar-refractivity contribution is -0.146. The maximum atomic E-state index is 12.0. The highest BCUT2D eigenvalue weighted by Crippen LogP contribution is 2.25. The first kappa shape index (κ1) is 17.9. The molecule has 0 unspecified atom stereocenters. The minimum Gasteiger partial charge on any atom is -0.462 e. The van der Waals surface area contributed by atoms with E-state index in [4.69, 9.17) is 21.1 Å². The van der Waals surface area contributed by atoms with Crippen LogP contribution in [0, 0.1) is 6.92 Å². The molecule has 0 spiro atoms. The largest absolute Gasteiger partial charge is 0.462 e. The fourth-order valence-corrected chi connectivity index (χ4v) is 2.41. The summed E-state index contributed by atoms with van der Waals surface area (Å²) in [7, 11) is 0. The molecule has 0 amide bonds. The van der Waals surface area contributed by atoms with Crippen molar-refractivity contribution < 1.29 is 19.1 Å². The molecule has 0 aliphatic carbocycles. The SMILES string of the molecule is CCOC(=O)C(=Cc1cc2cccc(C)c2nc1Cl)C(=O)OCC. The van der Waals surface area contributed by atoms with Crippen LogP contribution in [0.3, 0.4) is 0 Å². The number of benzene rings is 1. The van der Waals surface area contributed by atoms with Gasteiger partial charge < -0.3 is 9.47 Å². The molecule has 0 bridgehead atoms. The predicted molar refractivity (Wildman–Crippen MR) is 92.7 cm³/mol. The number of carbonyl (C=O) groups is 2. The van der Waals surface area contributed by atoms with Crippen molar-refractivity contribution in [2.45, 2.75) is 20.8 Å². The number of hydrogen-bond acceptors (Lipinski definition) is 5. The third kappa shape index (κ3) is 3.92. The van der Waals surface area contributed by atoms with Gasteiger partial charge in [-0.15, -0.1) is 0 Å². The van der Waals surface area contributed by atoms with Gasteiger partial charge in [-0.2, -0.15) is 0 Å². The zero-order chi connectivity index (χ0) is 17.7. The molecule has 2 aromatic rings. The molecular formula is C18H18ClNO4. The molecule has 2 rings (SSSR count). The highest BCUT2D eigenvalue weighted by Gasteiger charge is 2.21. The zero-order valence-electron chi connectivity index (χ0n) is 13.8. The molecule has 5 nitrogen and oxygen atoms in total. The number of aromatic nitrogens is 1. The summed E-state index contributed by atoms with van der Waals surface area (Å²) in [4.78, 5) is 28.4. The molecule has 0 N–H and O–H groups in total. The number of para-hydroxylation sites is 1. The van der Waals surface area contributed by atoms with Crippen molar-refractivity contribution in [1.29, 1.82) is 0 Å². The molecule has 6 heteroatoms. The molecule has 0 saturated heterocycles. The summed E-state index contributed by atoms with van der Waals surface area (Å²) in [6.45, 7) is 5.56. The second-order valence-corrected chi connectivity index (χ2v) is 5.37. The number of carbonyl (C=O) groups excluding carboxylic acids is 2.